The van der Waals surface area contributed by atoms with Gasteiger partial charge in [-0.3, -0.25) is 13.9 Å². The van der Waals surface area contributed by atoms with Gasteiger partial charge in [0.2, 0.25) is 0 Å². The van der Waals surface area contributed by atoms with Crippen LogP contribution in [0.4, 0.5) is 8.78 Å². The maximum absolute atomic E-state index is 15.6. The van der Waals surface area contributed by atoms with Gasteiger partial charge in [0.1, 0.15) is 5.82 Å². The van der Waals surface area contributed by atoms with Gasteiger partial charge in [-0.2, -0.15) is 0 Å². The first kappa shape index (κ1) is 31.8. The van der Waals surface area contributed by atoms with E-state index in [1.54, 1.807) is 6.92 Å². The summed E-state index contributed by atoms with van der Waals surface area (Å²) in [5, 5.41) is 3.28. The van der Waals surface area contributed by atoms with Gasteiger partial charge in [0, 0.05) is 35.7 Å². The minimum absolute atomic E-state index is 0.0286. The summed E-state index contributed by atoms with van der Waals surface area (Å²) in [5.41, 5.74) is 4.65. The van der Waals surface area contributed by atoms with Gasteiger partial charge in [0.05, 0.1) is 36.7 Å². The Labute approximate surface area is 248 Å². The van der Waals surface area contributed by atoms with Crippen LogP contribution in [0.3, 0.4) is 0 Å². The van der Waals surface area contributed by atoms with E-state index in [0.29, 0.717) is 6.54 Å². The summed E-state index contributed by atoms with van der Waals surface area (Å²) in [6, 6.07) is 16.2. The van der Waals surface area contributed by atoms with Crippen molar-refractivity contribution in [2.75, 3.05) is 19.9 Å². The molecule has 12 heteroatoms. The molecule has 3 aromatic carbocycles. The van der Waals surface area contributed by atoms with Crippen LogP contribution in [0.15, 0.2) is 81.2 Å². The maximum Gasteiger partial charge on any atom is 0.331 e. The molecule has 1 heterocycles. The summed E-state index contributed by atoms with van der Waals surface area (Å²) in [6.45, 7) is 2.90. The second-order valence-electron chi connectivity index (χ2n) is 10.4. The third-order valence-corrected chi connectivity index (χ3v) is 8.37. The molecule has 0 aliphatic carbocycles. The SMILES string of the molecule is COc1cccc(-c2c(C)n(Cc3c(F)cccc3S(C)(=O)=O)c(=O)n(CC(NC[C@@H](C)N)c3ccccc3)c2=O)c1F. The van der Waals surface area contributed by atoms with Crippen molar-refractivity contribution in [3.05, 3.63) is 116 Å². The van der Waals surface area contributed by atoms with E-state index in [2.05, 4.69) is 5.32 Å². The van der Waals surface area contributed by atoms with Crippen LogP contribution in [0.25, 0.3) is 11.1 Å². The quantitative estimate of drug-likeness (QED) is 0.266. The number of rotatable bonds is 11. The van der Waals surface area contributed by atoms with Crippen LogP contribution in [0.1, 0.15) is 29.8 Å². The van der Waals surface area contributed by atoms with E-state index in [4.69, 9.17) is 10.5 Å². The van der Waals surface area contributed by atoms with E-state index < -0.39 is 45.3 Å². The highest BCUT2D eigenvalue weighted by atomic mass is 32.2. The summed E-state index contributed by atoms with van der Waals surface area (Å²) >= 11 is 0. The normalized spacial score (nSPS) is 13.1. The fraction of sp³-hybridized carbons (Fsp3) is 0.290. The lowest BCUT2D eigenvalue weighted by atomic mass is 10.0. The molecule has 3 N–H and O–H groups in total. The molecule has 1 aromatic heterocycles. The van der Waals surface area contributed by atoms with Crippen LogP contribution < -0.4 is 27.0 Å². The molecular formula is C31H34F2N4O5S. The zero-order valence-electron chi connectivity index (χ0n) is 24.3. The molecule has 0 aliphatic heterocycles. The van der Waals surface area contributed by atoms with Crippen molar-refractivity contribution in [3.63, 3.8) is 0 Å². The van der Waals surface area contributed by atoms with Crippen LogP contribution >= 0.6 is 0 Å². The summed E-state index contributed by atoms with van der Waals surface area (Å²) < 4.78 is 63.0. The van der Waals surface area contributed by atoms with Gasteiger partial charge >= 0.3 is 5.69 Å². The highest BCUT2D eigenvalue weighted by Gasteiger charge is 2.26. The van der Waals surface area contributed by atoms with Gasteiger partial charge in [-0.15, -0.1) is 0 Å². The van der Waals surface area contributed by atoms with Gasteiger partial charge in [0.15, 0.2) is 21.4 Å². The molecule has 1 unspecified atom stereocenters. The first-order valence-corrected chi connectivity index (χ1v) is 15.4. The fourth-order valence-electron chi connectivity index (χ4n) is 5.00. The number of halogens is 2. The molecule has 9 nitrogen and oxygen atoms in total. The zero-order chi connectivity index (χ0) is 31.5. The minimum Gasteiger partial charge on any atom is -0.494 e. The Morgan fingerprint density at radius 3 is 2.28 bits per heavy atom. The Bertz CT molecular complexity index is 1850. The standard InChI is InChI=1S/C31H34F2N4O5S/c1-19(34)16-35-25(21-10-6-5-7-11-21)18-37-30(38)28(22-12-8-14-26(42-3)29(22)33)20(2)36(31(37)39)17-23-24(32)13-9-15-27(23)43(4,40)41/h5-15,19,25,35H,16-18,34H2,1-4H3/t19-,25?/m1/s1. The molecule has 0 saturated heterocycles. The van der Waals surface area contributed by atoms with Crippen molar-refractivity contribution in [3.8, 4) is 16.9 Å². The molecule has 4 rings (SSSR count). The van der Waals surface area contributed by atoms with E-state index in [1.807, 2.05) is 30.3 Å². The number of aromatic nitrogens is 2. The number of nitrogens with two attached hydrogens (primary N) is 1. The van der Waals surface area contributed by atoms with Crippen molar-refractivity contribution in [1.29, 1.82) is 0 Å². The van der Waals surface area contributed by atoms with Gasteiger partial charge in [-0.25, -0.2) is 22.0 Å². The van der Waals surface area contributed by atoms with E-state index in [-0.39, 0.29) is 45.6 Å². The van der Waals surface area contributed by atoms with Crippen LogP contribution in [0.2, 0.25) is 0 Å². The first-order chi connectivity index (χ1) is 20.3. The highest BCUT2D eigenvalue weighted by molar-refractivity contribution is 7.90. The van der Waals surface area contributed by atoms with Crippen LogP contribution in [-0.4, -0.2) is 43.5 Å². The molecule has 4 aromatic rings. The molecule has 0 saturated carbocycles. The van der Waals surface area contributed by atoms with Crippen LogP contribution in [0.5, 0.6) is 5.75 Å². The molecule has 0 amide bonds. The Balaban J connectivity index is 2.02. The number of nitrogens with zero attached hydrogens (tertiary/aromatic N) is 2. The van der Waals surface area contributed by atoms with Crippen molar-refractivity contribution in [2.24, 2.45) is 5.73 Å². The van der Waals surface area contributed by atoms with Crippen LogP contribution in [0, 0.1) is 18.6 Å². The molecule has 2 atom stereocenters. The third kappa shape index (κ3) is 6.76. The van der Waals surface area contributed by atoms with Crippen molar-refractivity contribution in [2.45, 2.75) is 43.9 Å². The summed E-state index contributed by atoms with van der Waals surface area (Å²) in [5.74, 6) is -1.78. The molecular weight excluding hydrogens is 578 g/mol. The average molecular weight is 613 g/mol. The molecule has 0 spiro atoms. The van der Waals surface area contributed by atoms with Gasteiger partial charge < -0.3 is 15.8 Å². The zero-order valence-corrected chi connectivity index (χ0v) is 25.1. The lowest BCUT2D eigenvalue weighted by Gasteiger charge is -2.24. The number of methoxy groups -OCH3 is 1. The average Bonchev–Trinajstić information content (AvgIpc) is 2.96. The number of nitrogens with one attached hydrogen (secondary N) is 1. The lowest BCUT2D eigenvalue weighted by molar-refractivity contribution is 0.387. The van der Waals surface area contributed by atoms with Gasteiger partial charge in [-0.05, 0) is 37.6 Å². The van der Waals surface area contributed by atoms with Crippen LogP contribution in [-0.2, 0) is 22.9 Å². The van der Waals surface area contributed by atoms with E-state index in [0.717, 1.165) is 27.0 Å². The topological polar surface area (TPSA) is 125 Å². The summed E-state index contributed by atoms with van der Waals surface area (Å²) in [6.07, 6.45) is 0.938. The minimum atomic E-state index is -3.89. The number of hydrogen-bond acceptors (Lipinski definition) is 7. The monoisotopic (exact) mass is 612 g/mol. The van der Waals surface area contributed by atoms with Gasteiger partial charge in [0.25, 0.3) is 5.56 Å². The molecule has 0 bridgehead atoms. The van der Waals surface area contributed by atoms with E-state index in [1.165, 1.54) is 44.4 Å². The molecule has 43 heavy (non-hydrogen) atoms. The molecule has 228 valence electrons. The summed E-state index contributed by atoms with van der Waals surface area (Å²) in [7, 11) is -2.61. The Hall–Kier alpha value is -4.13. The van der Waals surface area contributed by atoms with E-state index >= 15 is 8.78 Å². The fourth-order valence-corrected chi connectivity index (χ4v) is 5.94. The molecule has 0 radical (unpaired) electrons. The van der Waals surface area contributed by atoms with Crippen molar-refractivity contribution in [1.82, 2.24) is 14.5 Å². The number of ether oxygens (including phenoxy) is 1. The van der Waals surface area contributed by atoms with Crippen molar-refractivity contribution >= 4 is 9.84 Å². The maximum atomic E-state index is 15.6. The van der Waals surface area contributed by atoms with E-state index in [9.17, 15) is 18.0 Å². The highest BCUT2D eigenvalue weighted by Crippen LogP contribution is 2.29. The largest absolute Gasteiger partial charge is 0.494 e. The summed E-state index contributed by atoms with van der Waals surface area (Å²) in [4.78, 5) is 27.9. The Kier molecular flexibility index (Phi) is 9.63. The Morgan fingerprint density at radius 1 is 0.977 bits per heavy atom. The Morgan fingerprint density at radius 2 is 1.65 bits per heavy atom. The predicted octanol–water partition coefficient (Wildman–Crippen LogP) is 3.40. The molecule has 0 aliphatic rings. The second kappa shape index (κ2) is 13.0. The third-order valence-electron chi connectivity index (χ3n) is 7.18. The van der Waals surface area contributed by atoms with Crippen molar-refractivity contribution < 1.29 is 21.9 Å². The van der Waals surface area contributed by atoms with Gasteiger partial charge in [-0.1, -0.05) is 48.5 Å². The number of benzene rings is 3. The lowest BCUT2D eigenvalue weighted by Crippen LogP contribution is -2.45. The second-order valence-corrected chi connectivity index (χ2v) is 12.4. The predicted molar refractivity (Wildman–Crippen MR) is 161 cm³/mol. The first-order valence-electron chi connectivity index (χ1n) is 13.5. The number of sulfone groups is 1. The molecule has 0 fully saturated rings. The number of hydrogen-bond donors (Lipinski definition) is 2. The smallest absolute Gasteiger partial charge is 0.331 e.